The molecule has 0 fully saturated rings. The van der Waals surface area contributed by atoms with Gasteiger partial charge in [-0.25, -0.2) is 4.79 Å². The number of nitrogens with zero attached hydrogens (tertiary/aromatic N) is 2. The molecule has 0 bridgehead atoms. The maximum atomic E-state index is 12.8. The molecule has 0 saturated carbocycles. The zero-order valence-electron chi connectivity index (χ0n) is 17.1. The highest BCUT2D eigenvalue weighted by Crippen LogP contribution is 2.26. The number of carbonyl (C=O) groups is 2. The van der Waals surface area contributed by atoms with E-state index in [1.165, 1.54) is 27.4 Å². The highest BCUT2D eigenvalue weighted by Gasteiger charge is 2.25. The highest BCUT2D eigenvalue weighted by atomic mass is 16.5. The predicted octanol–water partition coefficient (Wildman–Crippen LogP) is 2.60. The molecular formula is C20H25N3O6. The van der Waals surface area contributed by atoms with Crippen LogP contribution in [0.4, 0.5) is 0 Å². The number of methoxy groups -OCH3 is 3. The van der Waals surface area contributed by atoms with E-state index in [0.29, 0.717) is 6.42 Å². The maximum absolute atomic E-state index is 12.8. The van der Waals surface area contributed by atoms with Crippen LogP contribution in [0, 0.1) is 5.92 Å². The number of rotatable bonds is 9. The van der Waals surface area contributed by atoms with Crippen molar-refractivity contribution in [3.8, 4) is 23.5 Å². The summed E-state index contributed by atoms with van der Waals surface area (Å²) in [4.78, 5) is 33.0. The fraction of sp³-hybridized carbons (Fsp3) is 0.400. The second-order valence-corrected chi connectivity index (χ2v) is 6.51. The molecule has 0 aliphatic rings. The van der Waals surface area contributed by atoms with Gasteiger partial charge in [0, 0.05) is 0 Å². The van der Waals surface area contributed by atoms with Gasteiger partial charge in [0.25, 0.3) is 5.91 Å². The molecule has 9 heteroatoms. The molecule has 0 spiro atoms. The largest absolute Gasteiger partial charge is 0.481 e. The molecule has 1 aromatic heterocycles. The van der Waals surface area contributed by atoms with Gasteiger partial charge >= 0.3 is 12.0 Å². The lowest BCUT2D eigenvalue weighted by atomic mass is 10.0. The van der Waals surface area contributed by atoms with E-state index in [-0.39, 0.29) is 35.0 Å². The summed E-state index contributed by atoms with van der Waals surface area (Å²) in [6, 6.07) is 7.24. The lowest BCUT2D eigenvalue weighted by Crippen LogP contribution is -2.42. The lowest BCUT2D eigenvalue weighted by Gasteiger charge is -2.19. The topological polar surface area (TPSA) is 109 Å². The Kier molecular flexibility index (Phi) is 7.76. The Labute approximate surface area is 169 Å². The van der Waals surface area contributed by atoms with Gasteiger partial charge in [-0.1, -0.05) is 26.0 Å². The Morgan fingerprint density at radius 3 is 2.21 bits per heavy atom. The van der Waals surface area contributed by atoms with E-state index < -0.39 is 17.9 Å². The molecule has 1 aromatic carbocycles. The van der Waals surface area contributed by atoms with Crippen molar-refractivity contribution in [3.05, 3.63) is 35.9 Å². The van der Waals surface area contributed by atoms with Crippen molar-refractivity contribution >= 4 is 11.9 Å². The first-order valence-corrected chi connectivity index (χ1v) is 9.00. The van der Waals surface area contributed by atoms with Crippen LogP contribution in [0.15, 0.2) is 30.3 Å². The molecule has 1 atom stereocenters. The minimum Gasteiger partial charge on any atom is -0.481 e. The third-order valence-corrected chi connectivity index (χ3v) is 3.91. The summed E-state index contributed by atoms with van der Waals surface area (Å²) < 4.78 is 20.7. The average Bonchev–Trinajstić information content (AvgIpc) is 2.72. The van der Waals surface area contributed by atoms with Crippen LogP contribution < -0.4 is 19.5 Å². The second kappa shape index (κ2) is 10.3. The van der Waals surface area contributed by atoms with Crippen LogP contribution >= 0.6 is 0 Å². The normalized spacial score (nSPS) is 11.5. The van der Waals surface area contributed by atoms with E-state index in [1.54, 1.807) is 24.3 Å². The number of benzene rings is 1. The molecule has 0 radical (unpaired) electrons. The van der Waals surface area contributed by atoms with Crippen LogP contribution in [0.1, 0.15) is 30.6 Å². The van der Waals surface area contributed by atoms with Gasteiger partial charge in [0.1, 0.15) is 11.8 Å². The fourth-order valence-corrected chi connectivity index (χ4v) is 2.54. The molecule has 2 aromatic rings. The van der Waals surface area contributed by atoms with E-state index in [1.807, 2.05) is 13.8 Å². The molecule has 1 heterocycles. The Bertz CT molecular complexity index is 834. The van der Waals surface area contributed by atoms with Crippen LogP contribution in [0.2, 0.25) is 0 Å². The van der Waals surface area contributed by atoms with Crippen molar-refractivity contribution in [1.82, 2.24) is 15.3 Å². The third-order valence-electron chi connectivity index (χ3n) is 3.91. The van der Waals surface area contributed by atoms with Crippen molar-refractivity contribution in [1.29, 1.82) is 0 Å². The zero-order chi connectivity index (χ0) is 21.4. The summed E-state index contributed by atoms with van der Waals surface area (Å²) >= 11 is 0. The van der Waals surface area contributed by atoms with E-state index in [4.69, 9.17) is 18.9 Å². The van der Waals surface area contributed by atoms with Crippen molar-refractivity contribution in [2.45, 2.75) is 26.3 Å². The van der Waals surface area contributed by atoms with Gasteiger partial charge in [-0.15, -0.1) is 0 Å². The summed E-state index contributed by atoms with van der Waals surface area (Å²) in [6.45, 7) is 3.90. The number of hydrogen-bond donors (Lipinski definition) is 1. The SMILES string of the molecule is COC(=O)[C@@H](CC(C)C)NC(=O)c1ccccc1Oc1nc(OC)cc(OC)n1. The molecule has 0 aliphatic heterocycles. The molecule has 156 valence electrons. The van der Waals surface area contributed by atoms with Crippen molar-refractivity contribution in [2.75, 3.05) is 21.3 Å². The van der Waals surface area contributed by atoms with Crippen LogP contribution in [0.5, 0.6) is 23.5 Å². The monoisotopic (exact) mass is 403 g/mol. The number of aromatic nitrogens is 2. The quantitative estimate of drug-likeness (QED) is 0.637. The summed E-state index contributed by atoms with van der Waals surface area (Å²) in [7, 11) is 4.19. The molecule has 1 N–H and O–H groups in total. The number of nitrogens with one attached hydrogen (secondary N) is 1. The molecule has 0 unspecified atom stereocenters. The molecule has 1 amide bonds. The van der Waals surface area contributed by atoms with Crippen LogP contribution in [0.25, 0.3) is 0 Å². The number of para-hydroxylation sites is 1. The Morgan fingerprint density at radius 1 is 1.03 bits per heavy atom. The smallest absolute Gasteiger partial charge is 0.328 e. The first-order chi connectivity index (χ1) is 13.9. The molecule has 2 rings (SSSR count). The first-order valence-electron chi connectivity index (χ1n) is 9.00. The van der Waals surface area contributed by atoms with E-state index in [0.717, 1.165) is 0 Å². The number of esters is 1. The van der Waals surface area contributed by atoms with Gasteiger partial charge in [0.15, 0.2) is 0 Å². The van der Waals surface area contributed by atoms with E-state index in [2.05, 4.69) is 15.3 Å². The summed E-state index contributed by atoms with van der Waals surface area (Å²) in [5.41, 5.74) is 0.218. The standard InChI is InChI=1S/C20H25N3O6/c1-12(2)10-14(19(25)28-5)21-18(24)13-8-6-7-9-15(13)29-20-22-16(26-3)11-17(23-20)27-4/h6-9,11-12,14H,10H2,1-5H3,(H,21,24)/t14-/m1/s1. The van der Waals surface area contributed by atoms with Crippen molar-refractivity contribution in [2.24, 2.45) is 5.92 Å². The van der Waals surface area contributed by atoms with Crippen molar-refractivity contribution < 1.29 is 28.5 Å². The maximum Gasteiger partial charge on any atom is 0.328 e. The number of hydrogen-bond acceptors (Lipinski definition) is 8. The molecular weight excluding hydrogens is 378 g/mol. The average molecular weight is 403 g/mol. The number of ether oxygens (including phenoxy) is 4. The minimum absolute atomic E-state index is 0.0480. The van der Waals surface area contributed by atoms with Crippen LogP contribution in [0.3, 0.4) is 0 Å². The van der Waals surface area contributed by atoms with E-state index >= 15 is 0 Å². The zero-order valence-corrected chi connectivity index (χ0v) is 17.1. The van der Waals surface area contributed by atoms with Gasteiger partial charge in [-0.05, 0) is 24.5 Å². The van der Waals surface area contributed by atoms with Crippen LogP contribution in [-0.4, -0.2) is 49.2 Å². The molecule has 9 nitrogen and oxygen atoms in total. The van der Waals surface area contributed by atoms with Gasteiger partial charge < -0.3 is 24.3 Å². The summed E-state index contributed by atoms with van der Waals surface area (Å²) in [5, 5.41) is 2.70. The van der Waals surface area contributed by atoms with E-state index in [9.17, 15) is 9.59 Å². The highest BCUT2D eigenvalue weighted by molar-refractivity contribution is 5.99. The Hall–Kier alpha value is -3.36. The van der Waals surface area contributed by atoms with Gasteiger partial charge in [-0.2, -0.15) is 9.97 Å². The fourth-order valence-electron chi connectivity index (χ4n) is 2.54. The molecule has 29 heavy (non-hydrogen) atoms. The Balaban J connectivity index is 2.28. The Morgan fingerprint density at radius 2 is 1.66 bits per heavy atom. The minimum atomic E-state index is -0.770. The van der Waals surface area contributed by atoms with Gasteiger partial charge in [-0.3, -0.25) is 4.79 Å². The second-order valence-electron chi connectivity index (χ2n) is 6.51. The van der Waals surface area contributed by atoms with Gasteiger partial charge in [0.2, 0.25) is 11.8 Å². The van der Waals surface area contributed by atoms with Crippen molar-refractivity contribution in [3.63, 3.8) is 0 Å². The number of carbonyl (C=O) groups excluding carboxylic acids is 2. The van der Waals surface area contributed by atoms with Gasteiger partial charge in [0.05, 0.1) is 33.0 Å². The third kappa shape index (κ3) is 6.06. The summed E-state index contributed by atoms with van der Waals surface area (Å²) in [5.74, 6) is -0.0946. The predicted molar refractivity (Wildman–Crippen MR) is 104 cm³/mol. The summed E-state index contributed by atoms with van der Waals surface area (Å²) in [6.07, 6.45) is 0.442. The lowest BCUT2D eigenvalue weighted by molar-refractivity contribution is -0.143. The first kappa shape index (κ1) is 21.9. The molecule has 0 aliphatic carbocycles. The molecule has 0 saturated heterocycles. The number of amides is 1. The van der Waals surface area contributed by atoms with Crippen LogP contribution in [-0.2, 0) is 9.53 Å².